The Morgan fingerprint density at radius 2 is 0.250 bits per heavy atom. The van der Waals surface area contributed by atoms with Gasteiger partial charge in [-0.2, -0.15) is 0 Å². The largest absolute Gasteiger partial charge is 3.00 e. The van der Waals surface area contributed by atoms with Gasteiger partial charge in [-0.25, -0.2) is 0 Å². The Morgan fingerprint density at radius 1 is 0.188 bits per heavy atom. The molecule has 64 heavy (non-hydrogen) atoms. The van der Waals surface area contributed by atoms with Crippen molar-refractivity contribution in [3.8, 4) is 0 Å². The van der Waals surface area contributed by atoms with Crippen molar-refractivity contribution in [1.82, 2.24) is 29.4 Å². The van der Waals surface area contributed by atoms with Crippen LogP contribution in [0, 0.1) is 0 Å². The van der Waals surface area contributed by atoms with Crippen molar-refractivity contribution in [1.29, 1.82) is 0 Å². The van der Waals surface area contributed by atoms with Gasteiger partial charge in [-0.3, -0.25) is 29.4 Å². The van der Waals surface area contributed by atoms with Crippen molar-refractivity contribution in [3.05, 3.63) is 0 Å². The van der Waals surface area contributed by atoms with E-state index in [2.05, 4.69) is 0 Å². The Bertz CT molecular complexity index is 1140. The third kappa shape index (κ3) is 54.0. The Labute approximate surface area is 413 Å². The maximum absolute atomic E-state index is 10.4. The summed E-state index contributed by atoms with van der Waals surface area (Å²) in [4.78, 5) is 130. The molecule has 362 valence electrons. The number of rotatable bonds is 33. The quantitative estimate of drug-likeness (QED) is 0.0551. The first-order chi connectivity index (χ1) is 27.6. The smallest absolute Gasteiger partial charge is 0.549 e. The first-order valence-electron chi connectivity index (χ1n) is 16.3. The third-order valence-corrected chi connectivity index (χ3v) is 6.43. The fourth-order valence-corrected chi connectivity index (χ4v) is 4.32. The average Bonchev–Trinajstić information content (AvgIpc) is 3.02. The van der Waals surface area contributed by atoms with Gasteiger partial charge in [-0.1, -0.05) is 0 Å². The van der Waals surface area contributed by atoms with Gasteiger partial charge in [0.1, 0.15) is 0 Å². The molecule has 0 saturated heterocycles. The van der Waals surface area contributed by atoms with E-state index in [1.807, 2.05) is 0 Å². The fraction of sp³-hybridized carbons (Fsp3) is 0.600. The summed E-state index contributed by atoms with van der Waals surface area (Å²) in [6.45, 7) is -9.75. The van der Waals surface area contributed by atoms with Crippen molar-refractivity contribution in [3.63, 3.8) is 0 Å². The summed E-state index contributed by atoms with van der Waals surface area (Å²) < 4.78 is 0. The molecule has 0 aromatic carbocycles. The van der Waals surface area contributed by atoms with Crippen LogP contribution in [0.1, 0.15) is 0 Å². The molecule has 30 nitrogen and oxygen atoms in total. The van der Waals surface area contributed by atoms with E-state index in [1.165, 1.54) is 0 Å². The van der Waals surface area contributed by atoms with Crippen LogP contribution in [0.5, 0.6) is 0 Å². The van der Waals surface area contributed by atoms with Crippen molar-refractivity contribution in [2.75, 3.05) is 118 Å². The maximum atomic E-state index is 10.4. The molecule has 0 spiro atoms. The molecule has 0 N–H and O–H groups in total. The number of carboxylic acid groups (broad SMARTS) is 12. The SMILES string of the molecule is O=C([O-])CN(CCN(CC(=O)[O-])CC(=O)[O-])CC(=O)[O-].O=C([O-])CN(CCN(CC(=O)[O-])CC(=O)[O-])CC(=O)[O-].O=C([O-])CN(CCN(CC(=O)[O-])CC(=O)[O-])CC(=O)[O-].[Ru+3].[Ru+3].[Ru+3].[Ru+3]. The van der Waals surface area contributed by atoms with Crippen LogP contribution in [0.2, 0.25) is 0 Å². The maximum Gasteiger partial charge on any atom is 3.00 e. The van der Waals surface area contributed by atoms with Crippen molar-refractivity contribution < 1.29 is 197 Å². The predicted molar refractivity (Wildman–Crippen MR) is 159 cm³/mol. The second kappa shape index (κ2) is 42.8. The number of carbonyl (C=O) groups is 12. The molecule has 0 aliphatic carbocycles. The summed E-state index contributed by atoms with van der Waals surface area (Å²) in [6.07, 6.45) is 0. The fourth-order valence-electron chi connectivity index (χ4n) is 4.32. The van der Waals surface area contributed by atoms with Crippen molar-refractivity contribution in [2.24, 2.45) is 0 Å². The number of nitrogens with zero attached hydrogens (tertiary/aromatic N) is 6. The molecule has 34 heteroatoms. The van der Waals surface area contributed by atoms with Gasteiger partial charge < -0.3 is 119 Å². The van der Waals surface area contributed by atoms with Crippen LogP contribution in [0.4, 0.5) is 0 Å². The topological polar surface area (TPSA) is 501 Å². The molecule has 0 bridgehead atoms. The zero-order valence-corrected chi connectivity index (χ0v) is 39.6. The van der Waals surface area contributed by atoms with Gasteiger partial charge in [0.15, 0.2) is 0 Å². The number of hydrogen-bond acceptors (Lipinski definition) is 30. The van der Waals surface area contributed by atoms with Crippen LogP contribution in [0.15, 0.2) is 0 Å². The molecular formula is C30H36N6O24Ru4. The van der Waals surface area contributed by atoms with Gasteiger partial charge in [0, 0.05) is 118 Å². The van der Waals surface area contributed by atoms with Crippen LogP contribution in [-0.4, -0.2) is 219 Å². The van der Waals surface area contributed by atoms with Gasteiger partial charge >= 0.3 is 77.9 Å². The van der Waals surface area contributed by atoms with Gasteiger partial charge in [0.2, 0.25) is 0 Å². The van der Waals surface area contributed by atoms with Gasteiger partial charge in [0.05, 0.1) is 71.6 Å². The summed E-state index contributed by atoms with van der Waals surface area (Å²) in [5.74, 6) is -18.4. The molecule has 0 heterocycles. The predicted octanol–water partition coefficient (Wildman–Crippen LogP) is -22.2. The van der Waals surface area contributed by atoms with Gasteiger partial charge in [0.25, 0.3) is 0 Å². The summed E-state index contributed by atoms with van der Waals surface area (Å²) in [6, 6.07) is 0. The number of carboxylic acids is 12. The van der Waals surface area contributed by atoms with Crippen LogP contribution in [0.25, 0.3) is 0 Å². The second-order valence-electron chi connectivity index (χ2n) is 11.7. The Hall–Kier alpha value is -4.11. The summed E-state index contributed by atoms with van der Waals surface area (Å²) >= 11 is 0. The molecule has 0 rings (SSSR count). The van der Waals surface area contributed by atoms with E-state index in [4.69, 9.17) is 0 Å². The molecule has 0 amide bonds. The van der Waals surface area contributed by atoms with E-state index >= 15 is 0 Å². The van der Waals surface area contributed by atoms with E-state index in [9.17, 15) is 119 Å². The molecule has 0 aliphatic rings. The Kier molecular flexibility index (Phi) is 49.7. The first-order valence-corrected chi connectivity index (χ1v) is 16.3. The molecule has 0 aromatic rings. The molecule has 0 saturated carbocycles. The van der Waals surface area contributed by atoms with Crippen LogP contribution in [0.3, 0.4) is 0 Å². The van der Waals surface area contributed by atoms with E-state index in [-0.39, 0.29) is 117 Å². The van der Waals surface area contributed by atoms with Crippen LogP contribution in [-0.2, 0) is 135 Å². The zero-order chi connectivity index (χ0) is 47.1. The van der Waals surface area contributed by atoms with Crippen molar-refractivity contribution >= 4 is 71.6 Å². The summed E-state index contributed by atoms with van der Waals surface area (Å²) in [7, 11) is 0. The number of hydrogen-bond donors (Lipinski definition) is 0. The molecule has 0 fully saturated rings. The minimum atomic E-state index is -1.53. The third-order valence-electron chi connectivity index (χ3n) is 6.43. The Balaban J connectivity index is -0.000000148. The number of carbonyl (C=O) groups excluding carboxylic acids is 12. The first kappa shape index (κ1) is 74.3. The standard InChI is InChI=1S/3C10H16N2O8.4Ru/c3*13-7(14)3-11(4-8(15)16)1-2-12(5-9(17)18)6-10(19)20;;;;/h3*1-6H2,(H,13,14)(H,15,16)(H,17,18)(H,19,20);;;;/q;;;4*+3/p-12. The summed E-state index contributed by atoms with van der Waals surface area (Å²) in [5, 5.41) is 125. The molecule has 0 unspecified atom stereocenters. The van der Waals surface area contributed by atoms with Crippen LogP contribution >= 0.6 is 0 Å². The monoisotopic (exact) mass is 1270 g/mol. The molecule has 0 aliphatic heterocycles. The summed E-state index contributed by atoms with van der Waals surface area (Å²) in [5.41, 5.74) is 0. The second-order valence-corrected chi connectivity index (χ2v) is 11.7. The van der Waals surface area contributed by atoms with E-state index in [1.54, 1.807) is 0 Å². The van der Waals surface area contributed by atoms with Crippen LogP contribution < -0.4 is 61.3 Å². The average molecular weight is 1270 g/mol. The Morgan fingerprint density at radius 3 is 0.297 bits per heavy atom. The van der Waals surface area contributed by atoms with Crippen molar-refractivity contribution in [2.45, 2.75) is 0 Å². The van der Waals surface area contributed by atoms with E-state index < -0.39 is 150 Å². The molecule has 0 atom stereocenters. The molecule has 0 aromatic heterocycles. The van der Waals surface area contributed by atoms with Gasteiger partial charge in [-0.15, -0.1) is 0 Å². The number of aliphatic carboxylic acids is 12. The van der Waals surface area contributed by atoms with E-state index in [0.717, 1.165) is 29.4 Å². The van der Waals surface area contributed by atoms with E-state index in [0.29, 0.717) is 0 Å². The van der Waals surface area contributed by atoms with Gasteiger partial charge in [-0.05, 0) is 0 Å². The minimum absolute atomic E-state index is 0. The zero-order valence-electron chi connectivity index (χ0n) is 32.6. The normalized spacial score (nSPS) is 10.0. The minimum Gasteiger partial charge on any atom is -0.549 e. The molecule has 4 radical (unpaired) electrons. The molecular weight excluding hydrogens is 1230 g/mol.